The molecular formula is C32H52O5SSi2. The smallest absolute Gasteiger partial charge is 0.303 e. The fourth-order valence-corrected chi connectivity index (χ4v) is 6.42. The van der Waals surface area contributed by atoms with Crippen molar-refractivity contribution in [3.63, 3.8) is 0 Å². The van der Waals surface area contributed by atoms with Crippen molar-refractivity contribution < 1.29 is 23.5 Å². The van der Waals surface area contributed by atoms with Crippen molar-refractivity contribution in [1.29, 1.82) is 0 Å². The number of hydrogen-bond donors (Lipinski definition) is 1. The van der Waals surface area contributed by atoms with E-state index in [0.29, 0.717) is 26.2 Å². The van der Waals surface area contributed by atoms with Crippen LogP contribution in [0.4, 0.5) is 0 Å². The highest BCUT2D eigenvalue weighted by Gasteiger charge is 2.38. The Morgan fingerprint density at radius 3 is 1.98 bits per heavy atom. The van der Waals surface area contributed by atoms with Crippen LogP contribution in [-0.2, 0) is 33.5 Å². The standard InChI is InChI=1S/C32H52O5SSi2/c1-12-24(14-13-15-30(33)34)29-19-18-28(38-29)23-35-27-17-16-25(21-36-39(8,9)31(2,3)4)26(20-27)22-37-40(10,11)32(5,6)7/h14,16-20H,12-13,15,21-23H2,1-11H3,(H,33,34)/b24-14+. The minimum absolute atomic E-state index is 0.134. The molecule has 0 aliphatic carbocycles. The van der Waals surface area contributed by atoms with Gasteiger partial charge in [0, 0.05) is 16.2 Å². The first-order valence-corrected chi connectivity index (χ1v) is 21.0. The molecule has 8 heteroatoms. The normalized spacial score (nSPS) is 13.5. The summed E-state index contributed by atoms with van der Waals surface area (Å²) < 4.78 is 19.5. The Kier molecular flexibility index (Phi) is 12.0. The third-order valence-electron chi connectivity index (χ3n) is 8.46. The number of benzene rings is 1. The topological polar surface area (TPSA) is 65.0 Å². The minimum atomic E-state index is -1.93. The molecule has 2 rings (SSSR count). The molecule has 0 saturated heterocycles. The lowest BCUT2D eigenvalue weighted by atomic mass is 10.1. The number of rotatable bonds is 14. The van der Waals surface area contributed by atoms with E-state index in [1.165, 1.54) is 10.5 Å². The van der Waals surface area contributed by atoms with Crippen LogP contribution in [0.5, 0.6) is 5.75 Å². The monoisotopic (exact) mass is 604 g/mol. The van der Waals surface area contributed by atoms with Crippen LogP contribution >= 0.6 is 11.3 Å². The van der Waals surface area contributed by atoms with E-state index in [0.717, 1.165) is 28.2 Å². The zero-order chi connectivity index (χ0) is 30.4. The third-order valence-corrected chi connectivity index (χ3v) is 18.5. The Labute approximate surface area is 249 Å². The maximum absolute atomic E-state index is 10.9. The molecule has 40 heavy (non-hydrogen) atoms. The molecule has 0 spiro atoms. The van der Waals surface area contributed by atoms with E-state index in [9.17, 15) is 4.79 Å². The van der Waals surface area contributed by atoms with Gasteiger partial charge in [0.25, 0.3) is 0 Å². The summed E-state index contributed by atoms with van der Waals surface area (Å²) in [5, 5.41) is 9.22. The van der Waals surface area contributed by atoms with Crippen LogP contribution < -0.4 is 4.74 Å². The van der Waals surface area contributed by atoms with Gasteiger partial charge in [0.05, 0.1) is 13.2 Å². The molecule has 5 nitrogen and oxygen atoms in total. The Balaban J connectivity index is 2.21. The van der Waals surface area contributed by atoms with Crippen molar-refractivity contribution in [2.24, 2.45) is 0 Å². The molecule has 1 aromatic carbocycles. The zero-order valence-electron chi connectivity index (χ0n) is 26.7. The van der Waals surface area contributed by atoms with Crippen molar-refractivity contribution in [2.75, 3.05) is 0 Å². The summed E-state index contributed by atoms with van der Waals surface area (Å²) in [6, 6.07) is 10.5. The first kappa shape index (κ1) is 34.5. The first-order valence-electron chi connectivity index (χ1n) is 14.4. The molecule has 0 saturated carbocycles. The second-order valence-corrected chi connectivity index (χ2v) is 24.4. The largest absolute Gasteiger partial charge is 0.488 e. The predicted octanol–water partition coefficient (Wildman–Crippen LogP) is 10.0. The van der Waals surface area contributed by atoms with E-state index in [-0.39, 0.29) is 16.5 Å². The highest BCUT2D eigenvalue weighted by Crippen LogP contribution is 2.39. The third kappa shape index (κ3) is 9.98. The van der Waals surface area contributed by atoms with Gasteiger partial charge in [-0.05, 0) is 90.1 Å². The van der Waals surface area contributed by atoms with Crippen LogP contribution in [0.15, 0.2) is 36.4 Å². The molecule has 1 aromatic heterocycles. The number of hydrogen-bond acceptors (Lipinski definition) is 5. The van der Waals surface area contributed by atoms with Crippen molar-refractivity contribution in [3.8, 4) is 5.75 Å². The van der Waals surface area contributed by atoms with Gasteiger partial charge >= 0.3 is 5.97 Å². The van der Waals surface area contributed by atoms with Crippen molar-refractivity contribution in [3.05, 3.63) is 57.3 Å². The molecule has 0 atom stereocenters. The van der Waals surface area contributed by atoms with E-state index in [1.807, 2.05) is 12.1 Å². The van der Waals surface area contributed by atoms with Gasteiger partial charge in [-0.1, -0.05) is 60.6 Å². The van der Waals surface area contributed by atoms with Gasteiger partial charge < -0.3 is 18.7 Å². The number of ether oxygens (including phenoxy) is 1. The molecule has 1 heterocycles. The van der Waals surface area contributed by atoms with Crippen LogP contribution in [0, 0.1) is 0 Å². The van der Waals surface area contributed by atoms with Crippen molar-refractivity contribution in [1.82, 2.24) is 0 Å². The van der Waals surface area contributed by atoms with Crippen molar-refractivity contribution >= 4 is 39.5 Å². The molecule has 0 unspecified atom stereocenters. The molecule has 1 N–H and O–H groups in total. The molecule has 0 fully saturated rings. The van der Waals surface area contributed by atoms with E-state index in [2.05, 4.69) is 98.9 Å². The van der Waals surface area contributed by atoms with Gasteiger partial charge in [-0.15, -0.1) is 11.3 Å². The summed E-state index contributed by atoms with van der Waals surface area (Å²) in [5.41, 5.74) is 3.48. The number of thiophene rings is 1. The SMILES string of the molecule is CC/C(=C\CCC(=O)O)c1ccc(COc2ccc(CO[Si](C)(C)C(C)(C)C)c(CO[Si](C)(C)C(C)(C)C)c2)s1. The van der Waals surface area contributed by atoms with Crippen LogP contribution in [0.1, 0.15) is 88.6 Å². The number of carbonyl (C=O) groups is 1. The molecule has 224 valence electrons. The van der Waals surface area contributed by atoms with E-state index in [1.54, 1.807) is 11.3 Å². The molecule has 0 aliphatic rings. The fraction of sp³-hybridized carbons (Fsp3) is 0.594. The second kappa shape index (κ2) is 14.0. The summed E-state index contributed by atoms with van der Waals surface area (Å²) in [6.07, 6.45) is 3.62. The lowest BCUT2D eigenvalue weighted by Crippen LogP contribution is -2.41. The average molecular weight is 605 g/mol. The number of aliphatic carboxylic acids is 1. The molecular weight excluding hydrogens is 553 g/mol. The molecule has 0 bridgehead atoms. The molecule has 0 aliphatic heterocycles. The van der Waals surface area contributed by atoms with Gasteiger partial charge in [0.2, 0.25) is 0 Å². The van der Waals surface area contributed by atoms with Gasteiger partial charge in [-0.25, -0.2) is 0 Å². The zero-order valence-corrected chi connectivity index (χ0v) is 29.5. The predicted molar refractivity (Wildman–Crippen MR) is 174 cm³/mol. The van der Waals surface area contributed by atoms with Gasteiger partial charge in [0.1, 0.15) is 12.4 Å². The Morgan fingerprint density at radius 1 is 0.875 bits per heavy atom. The summed E-state index contributed by atoms with van der Waals surface area (Å²) in [5.74, 6) is 0.0613. The highest BCUT2D eigenvalue weighted by atomic mass is 32.1. The van der Waals surface area contributed by atoms with Crippen LogP contribution in [-0.4, -0.2) is 27.7 Å². The number of carboxylic acid groups (broad SMARTS) is 1. The quantitative estimate of drug-likeness (QED) is 0.217. The minimum Gasteiger partial charge on any atom is -0.488 e. The Bertz CT molecular complexity index is 1150. The van der Waals surface area contributed by atoms with E-state index >= 15 is 0 Å². The van der Waals surface area contributed by atoms with E-state index in [4.69, 9.17) is 18.7 Å². The van der Waals surface area contributed by atoms with Gasteiger partial charge in [-0.3, -0.25) is 4.79 Å². The van der Waals surface area contributed by atoms with Crippen LogP contribution in [0.3, 0.4) is 0 Å². The van der Waals surface area contributed by atoms with Crippen LogP contribution in [0.25, 0.3) is 5.57 Å². The number of carboxylic acids is 1. The summed E-state index contributed by atoms with van der Waals surface area (Å²) in [7, 11) is -3.82. The Morgan fingerprint density at radius 2 is 1.45 bits per heavy atom. The lowest BCUT2D eigenvalue weighted by molar-refractivity contribution is -0.136. The maximum atomic E-state index is 10.9. The van der Waals surface area contributed by atoms with Gasteiger partial charge in [0.15, 0.2) is 16.6 Å². The second-order valence-electron chi connectivity index (χ2n) is 13.6. The average Bonchev–Trinajstić information content (AvgIpc) is 3.30. The summed E-state index contributed by atoms with van der Waals surface area (Å²) in [4.78, 5) is 13.2. The highest BCUT2D eigenvalue weighted by molar-refractivity contribution is 7.13. The molecule has 0 amide bonds. The first-order chi connectivity index (χ1) is 18.4. The summed E-state index contributed by atoms with van der Waals surface area (Å²) in [6.45, 7) is 26.5. The number of allylic oxidation sites excluding steroid dienone is 2. The van der Waals surface area contributed by atoms with Crippen molar-refractivity contribution in [2.45, 2.75) is 124 Å². The molecule has 0 radical (unpaired) electrons. The van der Waals surface area contributed by atoms with Crippen LogP contribution in [0.2, 0.25) is 36.3 Å². The summed E-state index contributed by atoms with van der Waals surface area (Å²) >= 11 is 1.71. The fourth-order valence-electron chi connectivity index (χ4n) is 3.49. The van der Waals surface area contributed by atoms with Gasteiger partial charge in [-0.2, -0.15) is 0 Å². The Hall–Kier alpha value is -1.72. The van der Waals surface area contributed by atoms with E-state index < -0.39 is 22.6 Å². The maximum Gasteiger partial charge on any atom is 0.303 e. The lowest BCUT2D eigenvalue weighted by Gasteiger charge is -2.37. The molecule has 2 aromatic rings.